The molecular formula is C12H16FNO2. The largest absolute Gasteiger partial charge is 0.381 e. The van der Waals surface area contributed by atoms with Gasteiger partial charge in [-0.2, -0.15) is 0 Å². The Labute approximate surface area is 94.5 Å². The lowest BCUT2D eigenvalue weighted by Crippen LogP contribution is -2.42. The zero-order valence-corrected chi connectivity index (χ0v) is 9.70. The van der Waals surface area contributed by atoms with Gasteiger partial charge in [-0.1, -0.05) is 12.1 Å². The molecule has 1 aromatic carbocycles. The highest BCUT2D eigenvalue weighted by Crippen LogP contribution is 2.11. The minimum atomic E-state index is -1.40. The Morgan fingerprint density at radius 1 is 1.50 bits per heavy atom. The Morgan fingerprint density at radius 2 is 2.12 bits per heavy atom. The summed E-state index contributed by atoms with van der Waals surface area (Å²) in [5.74, 6) is -0.724. The summed E-state index contributed by atoms with van der Waals surface area (Å²) in [6, 6.07) is 6.04. The normalized spacial score (nSPS) is 11.3. The topological polar surface area (TPSA) is 40.5 Å². The first kappa shape index (κ1) is 12.6. The summed E-state index contributed by atoms with van der Waals surface area (Å²) in [5.41, 5.74) is -0.706. The van der Waals surface area contributed by atoms with Crippen LogP contribution in [0.1, 0.15) is 19.4 Å². The summed E-state index contributed by atoms with van der Waals surface area (Å²) in [6.45, 7) is 3.13. The maximum absolute atomic E-state index is 12.9. The Hall–Kier alpha value is -1.42. The number of carbonyl (C=O) groups excluding carboxylic acids is 1. The van der Waals surface area contributed by atoms with Crippen molar-refractivity contribution in [2.24, 2.45) is 0 Å². The van der Waals surface area contributed by atoms with E-state index < -0.39 is 11.5 Å². The number of likely N-dealkylation sites (N-methyl/N-ethyl adjacent to an activating group) is 1. The van der Waals surface area contributed by atoms with Crippen LogP contribution in [0.2, 0.25) is 0 Å². The highest BCUT2D eigenvalue weighted by molar-refractivity contribution is 5.83. The number of hydrogen-bond acceptors (Lipinski definition) is 2. The average Bonchev–Trinajstić information content (AvgIpc) is 2.15. The minimum Gasteiger partial charge on any atom is -0.381 e. The molecule has 88 valence electrons. The van der Waals surface area contributed by atoms with Crippen LogP contribution in [-0.4, -0.2) is 28.6 Å². The van der Waals surface area contributed by atoms with Crippen LogP contribution in [0.25, 0.3) is 0 Å². The monoisotopic (exact) mass is 225 g/mol. The van der Waals surface area contributed by atoms with Crippen LogP contribution >= 0.6 is 0 Å². The van der Waals surface area contributed by atoms with E-state index in [0.29, 0.717) is 5.56 Å². The second-order valence-electron chi connectivity index (χ2n) is 4.35. The quantitative estimate of drug-likeness (QED) is 0.848. The van der Waals surface area contributed by atoms with Crippen molar-refractivity contribution < 1.29 is 14.3 Å². The maximum Gasteiger partial charge on any atom is 0.253 e. The Balaban J connectivity index is 2.72. The van der Waals surface area contributed by atoms with Gasteiger partial charge in [0.15, 0.2) is 0 Å². The van der Waals surface area contributed by atoms with Crippen molar-refractivity contribution in [1.82, 2.24) is 4.90 Å². The van der Waals surface area contributed by atoms with Crippen molar-refractivity contribution in [1.29, 1.82) is 0 Å². The van der Waals surface area contributed by atoms with E-state index in [2.05, 4.69) is 0 Å². The van der Waals surface area contributed by atoms with Crippen LogP contribution in [0.15, 0.2) is 24.3 Å². The summed E-state index contributed by atoms with van der Waals surface area (Å²) in [5, 5.41) is 9.52. The second kappa shape index (κ2) is 4.61. The molecule has 0 heterocycles. The third-order valence-electron chi connectivity index (χ3n) is 2.18. The fourth-order valence-corrected chi connectivity index (χ4v) is 1.45. The van der Waals surface area contributed by atoms with E-state index >= 15 is 0 Å². The zero-order chi connectivity index (χ0) is 12.3. The number of halogens is 1. The van der Waals surface area contributed by atoms with E-state index in [4.69, 9.17) is 0 Å². The molecule has 0 radical (unpaired) electrons. The molecule has 16 heavy (non-hydrogen) atoms. The number of carbonyl (C=O) groups is 1. The van der Waals surface area contributed by atoms with Gasteiger partial charge in [0.05, 0.1) is 0 Å². The molecule has 0 aliphatic rings. The van der Waals surface area contributed by atoms with Gasteiger partial charge in [-0.3, -0.25) is 4.79 Å². The van der Waals surface area contributed by atoms with Gasteiger partial charge < -0.3 is 10.0 Å². The first-order valence-electron chi connectivity index (χ1n) is 5.03. The lowest BCUT2D eigenvalue weighted by atomic mass is 10.1. The molecule has 3 nitrogen and oxygen atoms in total. The van der Waals surface area contributed by atoms with Gasteiger partial charge in [0.2, 0.25) is 0 Å². The van der Waals surface area contributed by atoms with Gasteiger partial charge in [0.25, 0.3) is 5.91 Å². The van der Waals surface area contributed by atoms with Crippen LogP contribution in [0.4, 0.5) is 4.39 Å². The van der Waals surface area contributed by atoms with Crippen molar-refractivity contribution in [2.45, 2.75) is 26.0 Å². The van der Waals surface area contributed by atoms with Gasteiger partial charge in [0.1, 0.15) is 11.4 Å². The van der Waals surface area contributed by atoms with Gasteiger partial charge in [-0.25, -0.2) is 4.39 Å². The van der Waals surface area contributed by atoms with Crippen LogP contribution in [0.5, 0.6) is 0 Å². The Morgan fingerprint density at radius 3 is 2.62 bits per heavy atom. The van der Waals surface area contributed by atoms with E-state index in [9.17, 15) is 14.3 Å². The molecule has 0 aliphatic heterocycles. The van der Waals surface area contributed by atoms with E-state index in [1.54, 1.807) is 19.2 Å². The van der Waals surface area contributed by atoms with E-state index in [1.165, 1.54) is 30.9 Å². The fraction of sp³-hybridized carbons (Fsp3) is 0.417. The molecule has 0 unspecified atom stereocenters. The highest BCUT2D eigenvalue weighted by atomic mass is 19.1. The fourth-order valence-electron chi connectivity index (χ4n) is 1.45. The maximum atomic E-state index is 12.9. The second-order valence-corrected chi connectivity index (χ2v) is 4.35. The molecule has 0 bridgehead atoms. The number of rotatable bonds is 3. The molecule has 1 N–H and O–H groups in total. The summed E-state index contributed by atoms with van der Waals surface area (Å²) in [4.78, 5) is 13.0. The molecule has 0 atom stereocenters. The number of benzene rings is 1. The SMILES string of the molecule is CN(Cc1cccc(F)c1)C(=O)C(C)(C)O. The standard InChI is InChI=1S/C12H16FNO2/c1-12(2,16)11(15)14(3)8-9-5-4-6-10(13)7-9/h4-7,16H,8H2,1-3H3. The summed E-state index contributed by atoms with van der Waals surface area (Å²) in [7, 11) is 1.57. The van der Waals surface area contributed by atoms with Crippen LogP contribution in [0.3, 0.4) is 0 Å². The predicted molar refractivity (Wildman–Crippen MR) is 59.2 cm³/mol. The summed E-state index contributed by atoms with van der Waals surface area (Å²) in [6.07, 6.45) is 0. The molecule has 1 amide bonds. The predicted octanol–water partition coefficient (Wildman–Crippen LogP) is 1.55. The molecule has 0 aliphatic carbocycles. The molecule has 0 aromatic heterocycles. The molecular weight excluding hydrogens is 209 g/mol. The molecule has 4 heteroatoms. The van der Waals surface area contributed by atoms with Crippen LogP contribution in [0, 0.1) is 5.82 Å². The van der Waals surface area contributed by atoms with Crippen molar-refractivity contribution >= 4 is 5.91 Å². The lowest BCUT2D eigenvalue weighted by Gasteiger charge is -2.24. The molecule has 0 saturated carbocycles. The molecule has 1 aromatic rings. The molecule has 0 fully saturated rings. The number of aliphatic hydroxyl groups is 1. The molecule has 0 spiro atoms. The van der Waals surface area contributed by atoms with Gasteiger partial charge in [-0.05, 0) is 31.5 Å². The minimum absolute atomic E-state index is 0.278. The number of hydrogen-bond donors (Lipinski definition) is 1. The zero-order valence-electron chi connectivity index (χ0n) is 9.70. The van der Waals surface area contributed by atoms with Crippen molar-refractivity contribution in [2.75, 3.05) is 7.05 Å². The van der Waals surface area contributed by atoms with Gasteiger partial charge in [0, 0.05) is 13.6 Å². The van der Waals surface area contributed by atoms with E-state index in [0.717, 1.165) is 0 Å². The van der Waals surface area contributed by atoms with Crippen LogP contribution < -0.4 is 0 Å². The van der Waals surface area contributed by atoms with Gasteiger partial charge in [-0.15, -0.1) is 0 Å². The van der Waals surface area contributed by atoms with Crippen molar-refractivity contribution in [3.8, 4) is 0 Å². The average molecular weight is 225 g/mol. The Bertz CT molecular complexity index is 385. The van der Waals surface area contributed by atoms with Crippen molar-refractivity contribution in [3.63, 3.8) is 0 Å². The third kappa shape index (κ3) is 3.31. The smallest absolute Gasteiger partial charge is 0.253 e. The van der Waals surface area contributed by atoms with Crippen LogP contribution in [-0.2, 0) is 11.3 Å². The number of amides is 1. The first-order chi connectivity index (χ1) is 7.30. The summed E-state index contributed by atoms with van der Waals surface area (Å²) >= 11 is 0. The third-order valence-corrected chi connectivity index (χ3v) is 2.18. The van der Waals surface area contributed by atoms with E-state index in [-0.39, 0.29) is 12.4 Å². The first-order valence-corrected chi connectivity index (χ1v) is 5.03. The van der Waals surface area contributed by atoms with Gasteiger partial charge >= 0.3 is 0 Å². The molecule has 1 rings (SSSR count). The van der Waals surface area contributed by atoms with Crippen molar-refractivity contribution in [3.05, 3.63) is 35.6 Å². The number of nitrogens with zero attached hydrogens (tertiary/aromatic N) is 1. The summed E-state index contributed by atoms with van der Waals surface area (Å²) < 4.78 is 12.9. The van der Waals surface area contributed by atoms with E-state index in [1.807, 2.05) is 0 Å². The lowest BCUT2D eigenvalue weighted by molar-refractivity contribution is -0.146. The Kier molecular flexibility index (Phi) is 3.65. The highest BCUT2D eigenvalue weighted by Gasteiger charge is 2.27. The molecule has 0 saturated heterocycles.